The van der Waals surface area contributed by atoms with Crippen molar-refractivity contribution in [3.63, 3.8) is 0 Å². The van der Waals surface area contributed by atoms with Gasteiger partial charge in [-0.05, 0) is 39.0 Å². The molecule has 0 aliphatic carbocycles. The lowest BCUT2D eigenvalue weighted by atomic mass is 10.1. The highest BCUT2D eigenvalue weighted by Gasteiger charge is 2.19. The van der Waals surface area contributed by atoms with Gasteiger partial charge in [0.25, 0.3) is 0 Å². The summed E-state index contributed by atoms with van der Waals surface area (Å²) in [6.45, 7) is 4.91. The monoisotopic (exact) mass is 339 g/mol. The Labute approximate surface area is 145 Å². The predicted octanol–water partition coefficient (Wildman–Crippen LogP) is 3.58. The molecule has 1 unspecified atom stereocenters. The minimum atomic E-state index is -0.438. The predicted molar refractivity (Wildman–Crippen MR) is 94.1 cm³/mol. The zero-order chi connectivity index (χ0) is 17.7. The Hall–Kier alpha value is -2.65. The number of ketones is 1. The number of pyridine rings is 1. The minimum Gasteiger partial charge on any atom is -0.325 e. The number of Topliss-reactive ketones (excluding diaryl/α,β-unsaturated/α-hetero) is 1. The smallest absolute Gasteiger partial charge is 0.237 e. The van der Waals surface area contributed by atoms with Crippen LogP contribution in [0.3, 0.4) is 0 Å². The average molecular weight is 339 g/mol. The molecule has 122 valence electrons. The largest absolute Gasteiger partial charge is 0.325 e. The van der Waals surface area contributed by atoms with E-state index >= 15 is 0 Å². The number of nitriles is 1. The van der Waals surface area contributed by atoms with Crippen LogP contribution in [0.5, 0.6) is 0 Å². The summed E-state index contributed by atoms with van der Waals surface area (Å²) in [4.78, 5) is 28.2. The van der Waals surface area contributed by atoms with Crippen molar-refractivity contribution in [2.75, 3.05) is 5.32 Å². The molecule has 0 radical (unpaired) electrons. The maximum Gasteiger partial charge on any atom is 0.237 e. The third kappa shape index (κ3) is 4.21. The zero-order valence-corrected chi connectivity index (χ0v) is 14.5. The van der Waals surface area contributed by atoms with Gasteiger partial charge in [0.2, 0.25) is 5.91 Å². The van der Waals surface area contributed by atoms with Crippen molar-refractivity contribution in [2.45, 2.75) is 31.0 Å². The van der Waals surface area contributed by atoms with Crippen molar-refractivity contribution in [3.05, 3.63) is 53.2 Å². The molecule has 0 bridgehead atoms. The summed E-state index contributed by atoms with van der Waals surface area (Å²) in [6, 6.07) is 12.7. The van der Waals surface area contributed by atoms with Gasteiger partial charge in [-0.25, -0.2) is 4.98 Å². The van der Waals surface area contributed by atoms with E-state index in [2.05, 4.69) is 10.3 Å². The van der Waals surface area contributed by atoms with Crippen molar-refractivity contribution in [1.29, 1.82) is 5.26 Å². The lowest BCUT2D eigenvalue weighted by Crippen LogP contribution is -2.22. The number of aryl methyl sites for hydroxylation is 1. The van der Waals surface area contributed by atoms with Crippen LogP contribution in [-0.2, 0) is 4.79 Å². The van der Waals surface area contributed by atoms with Crippen LogP contribution in [0, 0.1) is 18.3 Å². The van der Waals surface area contributed by atoms with Gasteiger partial charge in [0.05, 0.1) is 10.8 Å². The number of nitrogens with zero attached hydrogens (tertiary/aromatic N) is 2. The van der Waals surface area contributed by atoms with Crippen LogP contribution in [0.15, 0.2) is 41.4 Å². The molecular formula is C18H17N3O2S. The number of nitrogens with one attached hydrogen (secondary N) is 1. The standard InChI is InChI=1S/C18H17N3O2S/c1-11-16(12(2)22)9-14(10-19)18(20-11)24-13(3)17(23)21-15-7-5-4-6-8-15/h4-9,13H,1-3H3,(H,21,23). The number of amides is 1. The van der Waals surface area contributed by atoms with Crippen molar-refractivity contribution >= 4 is 29.1 Å². The van der Waals surface area contributed by atoms with Crippen LogP contribution >= 0.6 is 11.8 Å². The Morgan fingerprint density at radius 2 is 1.96 bits per heavy atom. The molecule has 6 heteroatoms. The molecule has 2 rings (SSSR count). The molecule has 1 N–H and O–H groups in total. The van der Waals surface area contributed by atoms with Gasteiger partial charge in [-0.15, -0.1) is 0 Å². The maximum absolute atomic E-state index is 12.3. The van der Waals surface area contributed by atoms with Gasteiger partial charge < -0.3 is 5.32 Å². The first kappa shape index (κ1) is 17.7. The van der Waals surface area contributed by atoms with E-state index in [1.54, 1.807) is 26.0 Å². The SMILES string of the molecule is CC(=O)c1cc(C#N)c(SC(C)C(=O)Nc2ccccc2)nc1C. The summed E-state index contributed by atoms with van der Waals surface area (Å²) in [7, 11) is 0. The normalized spacial score (nSPS) is 11.4. The van der Waals surface area contributed by atoms with E-state index in [9.17, 15) is 14.9 Å². The molecule has 1 heterocycles. The molecule has 0 aliphatic rings. The average Bonchev–Trinajstić information content (AvgIpc) is 2.55. The second-order valence-corrected chi connectivity index (χ2v) is 6.59. The summed E-state index contributed by atoms with van der Waals surface area (Å²) in [5.41, 5.74) is 2.00. The Morgan fingerprint density at radius 1 is 1.29 bits per heavy atom. The molecule has 0 spiro atoms. The fraction of sp³-hybridized carbons (Fsp3) is 0.222. The van der Waals surface area contributed by atoms with E-state index in [0.717, 1.165) is 0 Å². The summed E-state index contributed by atoms with van der Waals surface area (Å²) >= 11 is 1.20. The molecule has 1 aromatic heterocycles. The van der Waals surface area contributed by atoms with E-state index in [4.69, 9.17) is 0 Å². The molecule has 2 aromatic rings. The lowest BCUT2D eigenvalue weighted by molar-refractivity contribution is -0.115. The van der Waals surface area contributed by atoms with Crippen LogP contribution in [0.25, 0.3) is 0 Å². The first-order valence-electron chi connectivity index (χ1n) is 7.37. The first-order valence-corrected chi connectivity index (χ1v) is 8.25. The number of hydrogen-bond acceptors (Lipinski definition) is 5. The van der Waals surface area contributed by atoms with Gasteiger partial charge >= 0.3 is 0 Å². The first-order chi connectivity index (χ1) is 11.4. The van der Waals surface area contributed by atoms with Crippen LogP contribution < -0.4 is 5.32 Å². The topological polar surface area (TPSA) is 82.8 Å². The summed E-state index contributed by atoms with van der Waals surface area (Å²) in [6.07, 6.45) is 0. The van der Waals surface area contributed by atoms with Gasteiger partial charge in [-0.3, -0.25) is 9.59 Å². The van der Waals surface area contributed by atoms with Gasteiger partial charge in [0.15, 0.2) is 5.78 Å². The highest BCUT2D eigenvalue weighted by Crippen LogP contribution is 2.27. The Kier molecular flexibility index (Phi) is 5.72. The maximum atomic E-state index is 12.3. The van der Waals surface area contributed by atoms with Gasteiger partial charge in [0.1, 0.15) is 11.1 Å². The zero-order valence-electron chi connectivity index (χ0n) is 13.7. The van der Waals surface area contributed by atoms with E-state index in [1.165, 1.54) is 24.8 Å². The highest BCUT2D eigenvalue weighted by atomic mass is 32.2. The molecule has 1 aromatic carbocycles. The number of rotatable bonds is 5. The number of hydrogen-bond donors (Lipinski definition) is 1. The second-order valence-electron chi connectivity index (χ2n) is 5.26. The van der Waals surface area contributed by atoms with Gasteiger partial charge in [0, 0.05) is 16.9 Å². The molecule has 0 fully saturated rings. The summed E-state index contributed by atoms with van der Waals surface area (Å²) in [5.74, 6) is -0.312. The fourth-order valence-corrected chi connectivity index (χ4v) is 3.02. The van der Waals surface area contributed by atoms with Crippen molar-refractivity contribution in [1.82, 2.24) is 4.98 Å². The van der Waals surface area contributed by atoms with Crippen LogP contribution in [-0.4, -0.2) is 21.9 Å². The third-order valence-corrected chi connectivity index (χ3v) is 4.48. The molecule has 0 saturated carbocycles. The minimum absolute atomic E-state index is 0.136. The number of benzene rings is 1. The second kappa shape index (κ2) is 7.75. The van der Waals surface area contributed by atoms with E-state index in [-0.39, 0.29) is 11.7 Å². The number of aromatic nitrogens is 1. The quantitative estimate of drug-likeness (QED) is 0.665. The Bertz CT molecular complexity index is 813. The van der Waals surface area contributed by atoms with Crippen molar-refractivity contribution in [3.8, 4) is 6.07 Å². The summed E-state index contributed by atoms with van der Waals surface area (Å²) < 4.78 is 0. The van der Waals surface area contributed by atoms with Crippen molar-refractivity contribution in [2.24, 2.45) is 0 Å². The van der Waals surface area contributed by atoms with Gasteiger partial charge in [-0.1, -0.05) is 30.0 Å². The number of para-hydroxylation sites is 1. The number of carbonyl (C=O) groups is 2. The summed E-state index contributed by atoms with van der Waals surface area (Å²) in [5, 5.41) is 12.1. The van der Waals surface area contributed by atoms with E-state index in [0.29, 0.717) is 27.5 Å². The Balaban J connectivity index is 2.18. The lowest BCUT2D eigenvalue weighted by Gasteiger charge is -2.13. The molecule has 1 amide bonds. The Morgan fingerprint density at radius 3 is 2.54 bits per heavy atom. The molecule has 5 nitrogen and oxygen atoms in total. The molecule has 0 saturated heterocycles. The van der Waals surface area contributed by atoms with E-state index in [1.807, 2.05) is 24.3 Å². The number of thioether (sulfide) groups is 1. The highest BCUT2D eigenvalue weighted by molar-refractivity contribution is 8.00. The number of anilines is 1. The van der Waals surface area contributed by atoms with E-state index < -0.39 is 5.25 Å². The molecular weight excluding hydrogens is 322 g/mol. The van der Waals surface area contributed by atoms with Crippen LogP contribution in [0.4, 0.5) is 5.69 Å². The molecule has 1 atom stereocenters. The van der Waals surface area contributed by atoms with Crippen molar-refractivity contribution < 1.29 is 9.59 Å². The third-order valence-electron chi connectivity index (χ3n) is 3.38. The van der Waals surface area contributed by atoms with Gasteiger partial charge in [-0.2, -0.15) is 5.26 Å². The fourth-order valence-electron chi connectivity index (χ4n) is 2.10. The molecule has 0 aliphatic heterocycles. The number of carbonyl (C=O) groups excluding carboxylic acids is 2. The van der Waals surface area contributed by atoms with Crippen LogP contribution in [0.1, 0.15) is 35.5 Å². The van der Waals surface area contributed by atoms with Crippen LogP contribution in [0.2, 0.25) is 0 Å². The molecule has 24 heavy (non-hydrogen) atoms.